The van der Waals surface area contributed by atoms with E-state index >= 15 is 0 Å². The highest BCUT2D eigenvalue weighted by atomic mass is 15.1. The third kappa shape index (κ3) is 2.84. The largest absolute Gasteiger partial charge is 0.377 e. The zero-order valence-corrected chi connectivity index (χ0v) is 11.0. The highest BCUT2D eigenvalue weighted by Crippen LogP contribution is 2.05. The number of nitrogens with zero attached hydrogens (tertiary/aromatic N) is 2. The summed E-state index contributed by atoms with van der Waals surface area (Å²) in [4.78, 5) is 6.46. The Morgan fingerprint density at radius 1 is 1.25 bits per heavy atom. The molecular formula is C14H22N2. The molecule has 88 valence electrons. The van der Waals surface area contributed by atoms with Crippen molar-refractivity contribution in [2.24, 2.45) is 0 Å². The maximum atomic E-state index is 4.28. The first-order valence-electron chi connectivity index (χ1n) is 5.80. The lowest BCUT2D eigenvalue weighted by molar-refractivity contribution is 0.409. The smallest absolute Gasteiger partial charge is 0.0360 e. The first-order chi connectivity index (χ1) is 7.43. The van der Waals surface area contributed by atoms with Crippen LogP contribution >= 0.6 is 0 Å². The first kappa shape index (κ1) is 12.8. The normalized spacial score (nSPS) is 12.6. The van der Waals surface area contributed by atoms with Gasteiger partial charge in [-0.25, -0.2) is 0 Å². The van der Waals surface area contributed by atoms with Gasteiger partial charge in [-0.3, -0.25) is 4.98 Å². The van der Waals surface area contributed by atoms with Gasteiger partial charge in [0.2, 0.25) is 0 Å². The van der Waals surface area contributed by atoms with E-state index in [1.807, 2.05) is 12.4 Å². The van der Waals surface area contributed by atoms with Gasteiger partial charge >= 0.3 is 0 Å². The van der Waals surface area contributed by atoms with E-state index in [2.05, 4.69) is 57.4 Å². The molecule has 0 unspecified atom stereocenters. The van der Waals surface area contributed by atoms with Gasteiger partial charge in [-0.2, -0.15) is 0 Å². The lowest BCUT2D eigenvalue weighted by Crippen LogP contribution is -2.33. The monoisotopic (exact) mass is 218 g/mol. The number of hydrogen-bond acceptors (Lipinski definition) is 2. The Bertz CT molecular complexity index is 446. The molecule has 0 aliphatic rings. The van der Waals surface area contributed by atoms with Crippen LogP contribution in [-0.2, 0) is 0 Å². The van der Waals surface area contributed by atoms with E-state index in [-0.39, 0.29) is 0 Å². The van der Waals surface area contributed by atoms with Crippen molar-refractivity contribution in [2.45, 2.75) is 39.7 Å². The van der Waals surface area contributed by atoms with Crippen LogP contribution in [0.3, 0.4) is 0 Å². The minimum atomic E-state index is 0.470. The Labute approximate surface area is 98.3 Å². The molecule has 0 saturated carbocycles. The van der Waals surface area contributed by atoms with Crippen LogP contribution in [0.25, 0.3) is 12.8 Å². The Hall–Kier alpha value is -1.31. The zero-order valence-electron chi connectivity index (χ0n) is 11.0. The highest BCUT2D eigenvalue weighted by molar-refractivity contribution is 5.29. The van der Waals surface area contributed by atoms with Crippen LogP contribution in [0.2, 0.25) is 0 Å². The molecule has 0 amide bonds. The Kier molecular flexibility index (Phi) is 4.11. The summed E-state index contributed by atoms with van der Waals surface area (Å²) in [6.07, 6.45) is 5.92. The maximum absolute atomic E-state index is 4.28. The molecule has 0 fully saturated rings. The van der Waals surface area contributed by atoms with Crippen molar-refractivity contribution in [1.82, 2.24) is 9.88 Å². The molecule has 0 radical (unpaired) electrons. The second kappa shape index (κ2) is 5.15. The number of aromatic nitrogens is 1. The van der Waals surface area contributed by atoms with Gasteiger partial charge < -0.3 is 4.90 Å². The van der Waals surface area contributed by atoms with Gasteiger partial charge in [0.05, 0.1) is 0 Å². The van der Waals surface area contributed by atoms with E-state index in [4.69, 9.17) is 0 Å². The third-order valence-corrected chi connectivity index (χ3v) is 2.90. The van der Waals surface area contributed by atoms with Crippen LogP contribution in [0.5, 0.6) is 0 Å². The molecule has 1 aromatic rings. The zero-order chi connectivity index (χ0) is 12.3. The summed E-state index contributed by atoms with van der Waals surface area (Å²) in [6, 6.07) is 0.488. The lowest BCUT2D eigenvalue weighted by Gasteiger charge is -2.18. The molecule has 0 N–H and O–H groups in total. The summed E-state index contributed by atoms with van der Waals surface area (Å²) in [5, 5.41) is 2.21. The molecule has 1 rings (SSSR count). The highest BCUT2D eigenvalue weighted by Gasteiger charge is 2.02. The van der Waals surface area contributed by atoms with Gasteiger partial charge in [-0.15, -0.1) is 0 Å². The second-order valence-corrected chi connectivity index (χ2v) is 4.84. The summed E-state index contributed by atoms with van der Waals surface area (Å²) >= 11 is 0. The average molecular weight is 218 g/mol. The molecule has 2 heteroatoms. The van der Waals surface area contributed by atoms with E-state index in [1.54, 1.807) is 0 Å². The number of pyridine rings is 1. The molecule has 0 aromatic carbocycles. The topological polar surface area (TPSA) is 16.1 Å². The van der Waals surface area contributed by atoms with Gasteiger partial charge in [-0.1, -0.05) is 20.4 Å². The van der Waals surface area contributed by atoms with E-state index in [0.717, 1.165) is 10.4 Å². The summed E-state index contributed by atoms with van der Waals surface area (Å²) in [5.74, 6) is 0.470. The third-order valence-electron chi connectivity index (χ3n) is 2.90. The summed E-state index contributed by atoms with van der Waals surface area (Å²) < 4.78 is 0. The van der Waals surface area contributed by atoms with E-state index in [9.17, 15) is 0 Å². The molecule has 16 heavy (non-hydrogen) atoms. The van der Waals surface area contributed by atoms with Gasteiger partial charge in [0.15, 0.2) is 0 Å². The lowest BCUT2D eigenvalue weighted by atomic mass is 10.0. The van der Waals surface area contributed by atoms with Crippen molar-refractivity contribution in [3.8, 4) is 0 Å². The van der Waals surface area contributed by atoms with Gasteiger partial charge in [0, 0.05) is 36.9 Å². The maximum Gasteiger partial charge on any atom is 0.0360 e. The standard InChI is InChI=1S/C14H22N2/c1-10(2)14-8-15-7-13(12(14)5)9-16(6)11(3)4/h7-11H,5H2,1-4,6H3/b13-9-. The van der Waals surface area contributed by atoms with Crippen LogP contribution in [0, 0.1) is 0 Å². The summed E-state index contributed by atoms with van der Waals surface area (Å²) in [5.41, 5.74) is 1.23. The average Bonchev–Trinajstić information content (AvgIpc) is 2.20. The number of rotatable bonds is 3. The van der Waals surface area contributed by atoms with Gasteiger partial charge in [-0.05, 0) is 30.5 Å². The van der Waals surface area contributed by atoms with Crippen LogP contribution in [0.15, 0.2) is 12.4 Å². The second-order valence-electron chi connectivity index (χ2n) is 4.84. The fraction of sp³-hybridized carbons (Fsp3) is 0.500. The molecule has 0 saturated heterocycles. The molecule has 0 bridgehead atoms. The molecule has 0 aliphatic carbocycles. The predicted molar refractivity (Wildman–Crippen MR) is 70.5 cm³/mol. The van der Waals surface area contributed by atoms with Crippen LogP contribution in [0.1, 0.15) is 39.2 Å². The molecule has 0 aliphatic heterocycles. The number of hydrogen-bond donors (Lipinski definition) is 0. The summed E-state index contributed by atoms with van der Waals surface area (Å²) in [7, 11) is 2.08. The van der Waals surface area contributed by atoms with Crippen molar-refractivity contribution in [2.75, 3.05) is 7.05 Å². The first-order valence-corrected chi connectivity index (χ1v) is 5.80. The quantitative estimate of drug-likeness (QED) is 0.767. The van der Waals surface area contributed by atoms with E-state index < -0.39 is 0 Å². The molecule has 0 atom stereocenters. The molecular weight excluding hydrogens is 196 g/mol. The SMILES string of the molecule is C=c1c(C(C)C)cnc/c1=C/N(C)C(C)C. The predicted octanol–water partition coefficient (Wildman–Crippen LogP) is 1.69. The van der Waals surface area contributed by atoms with Crippen LogP contribution in [0.4, 0.5) is 0 Å². The van der Waals surface area contributed by atoms with Crippen LogP contribution < -0.4 is 10.4 Å². The van der Waals surface area contributed by atoms with Gasteiger partial charge in [0.1, 0.15) is 0 Å². The van der Waals surface area contributed by atoms with Gasteiger partial charge in [0.25, 0.3) is 0 Å². The van der Waals surface area contributed by atoms with Crippen molar-refractivity contribution < 1.29 is 0 Å². The van der Waals surface area contributed by atoms with Crippen molar-refractivity contribution >= 4 is 12.8 Å². The summed E-state index contributed by atoms with van der Waals surface area (Å²) in [6.45, 7) is 12.8. The Morgan fingerprint density at radius 3 is 2.38 bits per heavy atom. The van der Waals surface area contributed by atoms with Crippen molar-refractivity contribution in [3.63, 3.8) is 0 Å². The Balaban J connectivity index is 3.26. The van der Waals surface area contributed by atoms with E-state index in [0.29, 0.717) is 12.0 Å². The molecule has 1 heterocycles. The van der Waals surface area contributed by atoms with E-state index in [1.165, 1.54) is 5.56 Å². The van der Waals surface area contributed by atoms with Crippen molar-refractivity contribution in [1.29, 1.82) is 0 Å². The fourth-order valence-electron chi connectivity index (χ4n) is 1.50. The molecule has 1 aromatic heterocycles. The minimum Gasteiger partial charge on any atom is -0.377 e. The van der Waals surface area contributed by atoms with Crippen LogP contribution in [-0.4, -0.2) is 23.0 Å². The Morgan fingerprint density at radius 2 is 1.88 bits per heavy atom. The molecule has 2 nitrogen and oxygen atoms in total. The minimum absolute atomic E-state index is 0.470. The fourth-order valence-corrected chi connectivity index (χ4v) is 1.50. The molecule has 0 spiro atoms. The van der Waals surface area contributed by atoms with Crippen molar-refractivity contribution in [3.05, 3.63) is 28.4 Å².